The van der Waals surface area contributed by atoms with Gasteiger partial charge in [0.2, 0.25) is 0 Å². The molecule has 9 aromatic rings. The molecule has 1 heteroatoms. The van der Waals surface area contributed by atoms with Gasteiger partial charge in [0.05, 0.1) is 11.1 Å². The van der Waals surface area contributed by atoms with Crippen molar-refractivity contribution in [3.8, 4) is 55.6 Å². The van der Waals surface area contributed by atoms with Crippen LogP contribution in [-0.4, -0.2) is 0 Å². The summed E-state index contributed by atoms with van der Waals surface area (Å²) in [5, 5.41) is 0. The lowest BCUT2D eigenvalue weighted by Gasteiger charge is -2.33. The van der Waals surface area contributed by atoms with E-state index in [2.05, 4.69) is 257 Å². The molecule has 1 nitrogen and oxygen atoms in total. The number of allylic oxidation sites excluding steroid dienone is 5. The van der Waals surface area contributed by atoms with E-state index in [1.807, 2.05) is 6.08 Å². The van der Waals surface area contributed by atoms with Gasteiger partial charge in [-0.2, -0.15) is 0 Å². The lowest BCUT2D eigenvalue weighted by molar-refractivity contribution is 0.660. The van der Waals surface area contributed by atoms with E-state index >= 15 is 0 Å². The number of anilines is 3. The minimum Gasteiger partial charge on any atom is -0.310 e. The molecule has 0 saturated carbocycles. The van der Waals surface area contributed by atoms with Crippen LogP contribution < -0.4 is 4.90 Å². The summed E-state index contributed by atoms with van der Waals surface area (Å²) in [7, 11) is 0. The summed E-state index contributed by atoms with van der Waals surface area (Å²) >= 11 is 0. The molecule has 0 amide bonds. The number of rotatable bonds is 8. The zero-order valence-electron chi connectivity index (χ0n) is 37.6. The predicted molar refractivity (Wildman–Crippen MR) is 279 cm³/mol. The Morgan fingerprint density at radius 2 is 0.939 bits per heavy atom. The molecule has 0 radical (unpaired) electrons. The molecule has 0 bridgehead atoms. The van der Waals surface area contributed by atoms with Crippen LogP contribution in [0.1, 0.15) is 54.2 Å². The number of nitrogens with zero attached hydrogens (tertiary/aromatic N) is 1. The van der Waals surface area contributed by atoms with Crippen LogP contribution in [0.4, 0.5) is 17.1 Å². The maximum Gasteiger partial charge on any atom is 0.0691 e. The summed E-state index contributed by atoms with van der Waals surface area (Å²) in [6, 6.07) is 79.0. The molecule has 0 aliphatic heterocycles. The third-order valence-corrected chi connectivity index (χ3v) is 14.7. The van der Waals surface area contributed by atoms with Gasteiger partial charge in [-0.15, -0.1) is 0 Å². The van der Waals surface area contributed by atoms with Crippen molar-refractivity contribution < 1.29 is 0 Å². The molecule has 1 spiro atoms. The molecule has 314 valence electrons. The molecule has 66 heavy (non-hydrogen) atoms. The summed E-state index contributed by atoms with van der Waals surface area (Å²) < 4.78 is 0. The van der Waals surface area contributed by atoms with Crippen molar-refractivity contribution in [2.45, 2.75) is 31.6 Å². The van der Waals surface area contributed by atoms with Gasteiger partial charge in [-0.25, -0.2) is 0 Å². The van der Waals surface area contributed by atoms with E-state index in [0.29, 0.717) is 0 Å². The van der Waals surface area contributed by atoms with Crippen molar-refractivity contribution in [3.63, 3.8) is 0 Å². The lowest BCUT2D eigenvalue weighted by Crippen LogP contribution is -2.27. The lowest BCUT2D eigenvalue weighted by atomic mass is 9.68. The second-order valence-corrected chi connectivity index (χ2v) is 18.5. The molecule has 0 saturated heterocycles. The summed E-state index contributed by atoms with van der Waals surface area (Å²) in [5.41, 5.74) is 25.5. The first-order chi connectivity index (χ1) is 32.4. The largest absolute Gasteiger partial charge is 0.310 e. The molecular formula is C65H49N. The summed E-state index contributed by atoms with van der Waals surface area (Å²) in [6.07, 6.45) is 6.25. The molecule has 0 N–H and O–H groups in total. The Bertz CT molecular complexity index is 3430. The predicted octanol–water partition coefficient (Wildman–Crippen LogP) is 17.3. The van der Waals surface area contributed by atoms with Crippen LogP contribution in [0.2, 0.25) is 0 Å². The molecule has 0 unspecified atom stereocenters. The maximum absolute atomic E-state index is 4.09. The second-order valence-electron chi connectivity index (χ2n) is 18.5. The first-order valence-corrected chi connectivity index (χ1v) is 23.1. The fraction of sp³-hybridized carbons (Fsp3) is 0.0769. The number of para-hydroxylation sites is 1. The maximum atomic E-state index is 4.09. The van der Waals surface area contributed by atoms with E-state index in [4.69, 9.17) is 0 Å². The Morgan fingerprint density at radius 1 is 0.409 bits per heavy atom. The van der Waals surface area contributed by atoms with Crippen LogP contribution in [0.5, 0.6) is 0 Å². The van der Waals surface area contributed by atoms with E-state index in [0.717, 1.165) is 22.6 Å². The van der Waals surface area contributed by atoms with E-state index in [9.17, 15) is 0 Å². The van der Waals surface area contributed by atoms with Gasteiger partial charge in [0.1, 0.15) is 0 Å². The summed E-state index contributed by atoms with van der Waals surface area (Å²) in [5.74, 6) is 0. The molecule has 3 aliphatic carbocycles. The molecule has 9 aromatic carbocycles. The van der Waals surface area contributed by atoms with Gasteiger partial charge < -0.3 is 4.90 Å². The minimum absolute atomic E-state index is 0.168. The number of hydrogen-bond donors (Lipinski definition) is 0. The molecule has 3 aliphatic rings. The number of fused-ring (bicyclic) bond motifs is 10. The third kappa shape index (κ3) is 5.79. The first-order valence-electron chi connectivity index (χ1n) is 23.1. The van der Waals surface area contributed by atoms with Crippen LogP contribution in [-0.2, 0) is 10.8 Å². The Labute approximate surface area is 389 Å². The van der Waals surface area contributed by atoms with E-state index in [1.54, 1.807) is 0 Å². The highest BCUT2D eigenvalue weighted by Crippen LogP contribution is 2.64. The quantitative estimate of drug-likeness (QED) is 0.138. The van der Waals surface area contributed by atoms with E-state index in [-0.39, 0.29) is 5.41 Å². The van der Waals surface area contributed by atoms with Crippen LogP contribution >= 0.6 is 0 Å². The Hall–Kier alpha value is -8.00. The standard InChI is InChI=1S/C65H49N/c1-5-6-26-50-43(2)65(59-34-18-14-29-54(59)55-30-15-19-35-60(55)65)63-52(31-21-32-57(50)63)47-39-46(44-22-9-7-10-23-44)40-49(41-47)66(62-36-20-16-27-51(62)45-24-11-8-12-25-45)48-37-38-56-53-28-13-17-33-58(53)64(3,4)61(56)42-48/h5-42H,1H2,2-4H3/b26-6-. The highest BCUT2D eigenvalue weighted by molar-refractivity contribution is 6.01. The molecule has 0 atom stereocenters. The molecular weight excluding hydrogens is 795 g/mol. The average molecular weight is 844 g/mol. The zero-order chi connectivity index (χ0) is 44.6. The topological polar surface area (TPSA) is 3.24 Å². The van der Waals surface area contributed by atoms with Gasteiger partial charge in [-0.1, -0.05) is 215 Å². The molecule has 12 rings (SSSR count). The fourth-order valence-corrected chi connectivity index (χ4v) is 11.8. The highest BCUT2D eigenvalue weighted by atomic mass is 15.1. The summed E-state index contributed by atoms with van der Waals surface area (Å²) in [4.78, 5) is 2.51. The highest BCUT2D eigenvalue weighted by Gasteiger charge is 2.52. The second kappa shape index (κ2) is 15.3. The molecule has 0 fully saturated rings. The van der Waals surface area contributed by atoms with Crippen molar-refractivity contribution in [2.75, 3.05) is 4.90 Å². The van der Waals surface area contributed by atoms with Crippen molar-refractivity contribution in [3.05, 3.63) is 276 Å². The Balaban J connectivity index is 1.16. The smallest absolute Gasteiger partial charge is 0.0691 e. The van der Waals surface area contributed by atoms with Crippen molar-refractivity contribution >= 4 is 22.6 Å². The van der Waals surface area contributed by atoms with Gasteiger partial charge in [-0.3, -0.25) is 0 Å². The number of benzene rings is 9. The molecule has 0 heterocycles. The van der Waals surface area contributed by atoms with Crippen molar-refractivity contribution in [2.24, 2.45) is 0 Å². The normalized spacial score (nSPS) is 14.5. The summed E-state index contributed by atoms with van der Waals surface area (Å²) in [6.45, 7) is 11.2. The average Bonchev–Trinajstić information content (AvgIpc) is 3.91. The fourth-order valence-electron chi connectivity index (χ4n) is 11.8. The zero-order valence-corrected chi connectivity index (χ0v) is 37.6. The van der Waals surface area contributed by atoms with Gasteiger partial charge in [0.25, 0.3) is 0 Å². The van der Waals surface area contributed by atoms with Crippen LogP contribution in [0.15, 0.2) is 243 Å². The SMILES string of the molecule is C=C/C=C\C1=C(C)C2(c3ccccc3-c3ccccc32)c2c1cccc2-c1cc(-c2ccccc2)cc(N(c2ccc3c(c2)C(C)(C)c2ccccc2-3)c2ccccc2-c2ccccc2)c1. The van der Waals surface area contributed by atoms with Crippen LogP contribution in [0.25, 0.3) is 61.2 Å². The van der Waals surface area contributed by atoms with Gasteiger partial charge in [-0.05, 0) is 138 Å². The van der Waals surface area contributed by atoms with Gasteiger partial charge in [0.15, 0.2) is 0 Å². The monoisotopic (exact) mass is 843 g/mol. The Morgan fingerprint density at radius 3 is 1.62 bits per heavy atom. The van der Waals surface area contributed by atoms with Crippen LogP contribution in [0, 0.1) is 0 Å². The third-order valence-electron chi connectivity index (χ3n) is 14.7. The molecule has 0 aromatic heterocycles. The number of hydrogen-bond acceptors (Lipinski definition) is 1. The van der Waals surface area contributed by atoms with Crippen molar-refractivity contribution in [1.29, 1.82) is 0 Å². The van der Waals surface area contributed by atoms with Crippen molar-refractivity contribution in [1.82, 2.24) is 0 Å². The van der Waals surface area contributed by atoms with E-state index < -0.39 is 5.41 Å². The van der Waals surface area contributed by atoms with Gasteiger partial charge >= 0.3 is 0 Å². The minimum atomic E-state index is -0.497. The Kier molecular flexibility index (Phi) is 9.19. The van der Waals surface area contributed by atoms with Gasteiger partial charge in [0, 0.05) is 22.4 Å². The first kappa shape index (κ1) is 39.6. The van der Waals surface area contributed by atoms with E-state index in [1.165, 1.54) is 94.6 Å². The van der Waals surface area contributed by atoms with Crippen LogP contribution in [0.3, 0.4) is 0 Å².